The van der Waals surface area contributed by atoms with Gasteiger partial charge in [0.05, 0.1) is 25.9 Å². The topological polar surface area (TPSA) is 47.7 Å². The van der Waals surface area contributed by atoms with Gasteiger partial charge in [-0.3, -0.25) is 4.90 Å². The molecule has 1 unspecified atom stereocenters. The number of hydrogen-bond acceptors (Lipinski definition) is 4. The Hall–Kier alpha value is -0.160. The first-order valence-electron chi connectivity index (χ1n) is 7.23. The summed E-state index contributed by atoms with van der Waals surface area (Å²) in [6, 6.07) is 0.580. The minimum Gasteiger partial charge on any atom is -0.377 e. The number of nitrogens with two attached hydrogens (primary N) is 1. The lowest BCUT2D eigenvalue weighted by Crippen LogP contribution is -2.48. The third-order valence-corrected chi connectivity index (χ3v) is 4.00. The van der Waals surface area contributed by atoms with E-state index in [4.69, 9.17) is 15.2 Å². The first-order chi connectivity index (χ1) is 8.50. The molecule has 0 aromatic carbocycles. The second kappa shape index (κ2) is 7.43. The maximum atomic E-state index is 6.21. The highest BCUT2D eigenvalue weighted by atomic mass is 16.5. The minimum atomic E-state index is -0.174. The summed E-state index contributed by atoms with van der Waals surface area (Å²) in [4.78, 5) is 2.44. The molecule has 1 saturated heterocycles. The van der Waals surface area contributed by atoms with Crippen molar-refractivity contribution in [2.75, 3.05) is 32.9 Å². The molecule has 0 radical (unpaired) electrons. The van der Waals surface area contributed by atoms with Crippen molar-refractivity contribution in [1.82, 2.24) is 4.90 Å². The molecule has 0 aromatic rings. The van der Waals surface area contributed by atoms with Crippen molar-refractivity contribution < 1.29 is 9.47 Å². The van der Waals surface area contributed by atoms with E-state index in [9.17, 15) is 0 Å². The van der Waals surface area contributed by atoms with Gasteiger partial charge in [-0.15, -0.1) is 0 Å². The van der Waals surface area contributed by atoms with Crippen molar-refractivity contribution in [2.45, 2.75) is 58.2 Å². The molecule has 0 spiro atoms. The summed E-state index contributed by atoms with van der Waals surface area (Å²) in [5.74, 6) is 0. The molecule has 108 valence electrons. The Morgan fingerprint density at radius 1 is 1.39 bits per heavy atom. The molecule has 18 heavy (non-hydrogen) atoms. The summed E-state index contributed by atoms with van der Waals surface area (Å²) in [7, 11) is 0. The van der Waals surface area contributed by atoms with Crippen molar-refractivity contribution in [3.8, 4) is 0 Å². The number of rotatable bonds is 7. The molecular formula is C14H30N2O2. The van der Waals surface area contributed by atoms with E-state index < -0.39 is 0 Å². The summed E-state index contributed by atoms with van der Waals surface area (Å²) in [6.07, 6.45) is 2.10. The molecule has 0 bridgehead atoms. The predicted octanol–water partition coefficient (Wildman–Crippen LogP) is 1.63. The zero-order chi connectivity index (χ0) is 13.6. The zero-order valence-electron chi connectivity index (χ0n) is 12.4. The second-order valence-corrected chi connectivity index (χ2v) is 5.67. The molecule has 1 aliphatic heterocycles. The summed E-state index contributed by atoms with van der Waals surface area (Å²) in [6.45, 7) is 12.8. The quantitative estimate of drug-likeness (QED) is 0.754. The highest BCUT2D eigenvalue weighted by Gasteiger charge is 2.24. The minimum absolute atomic E-state index is 0.174. The van der Waals surface area contributed by atoms with Gasteiger partial charge >= 0.3 is 0 Å². The van der Waals surface area contributed by atoms with Crippen LogP contribution in [0, 0.1) is 0 Å². The number of ether oxygens (including phenoxy) is 2. The molecular weight excluding hydrogens is 228 g/mol. The van der Waals surface area contributed by atoms with E-state index in [0.717, 1.165) is 32.5 Å². The van der Waals surface area contributed by atoms with Crippen LogP contribution < -0.4 is 5.73 Å². The van der Waals surface area contributed by atoms with E-state index in [0.29, 0.717) is 19.3 Å². The Balaban J connectivity index is 2.27. The van der Waals surface area contributed by atoms with Crippen LogP contribution in [0.1, 0.15) is 40.5 Å². The molecule has 0 saturated carbocycles. The van der Waals surface area contributed by atoms with Gasteiger partial charge < -0.3 is 15.2 Å². The van der Waals surface area contributed by atoms with Crippen molar-refractivity contribution in [3.05, 3.63) is 0 Å². The highest BCUT2D eigenvalue weighted by molar-refractivity contribution is 4.81. The fraction of sp³-hybridized carbons (Fsp3) is 1.00. The van der Waals surface area contributed by atoms with Crippen molar-refractivity contribution in [2.24, 2.45) is 5.73 Å². The molecule has 0 amide bonds. The lowest BCUT2D eigenvalue weighted by atomic mass is 9.96. The van der Waals surface area contributed by atoms with E-state index in [-0.39, 0.29) is 11.6 Å². The van der Waals surface area contributed by atoms with E-state index in [1.54, 1.807) is 0 Å². The standard InChI is InChI=1S/C14H30N2O2/c1-5-14(15,6-2)11-17-10-13-9-16(12(3)4)7-8-18-13/h12-13H,5-11,15H2,1-4H3. The van der Waals surface area contributed by atoms with Gasteiger partial charge in [-0.2, -0.15) is 0 Å². The molecule has 1 fully saturated rings. The van der Waals surface area contributed by atoms with Crippen LogP contribution in [0.3, 0.4) is 0 Å². The average Bonchev–Trinajstić information content (AvgIpc) is 2.39. The smallest absolute Gasteiger partial charge is 0.0935 e. The van der Waals surface area contributed by atoms with Gasteiger partial charge in [0.2, 0.25) is 0 Å². The van der Waals surface area contributed by atoms with Gasteiger partial charge in [-0.1, -0.05) is 13.8 Å². The predicted molar refractivity (Wildman–Crippen MR) is 74.8 cm³/mol. The van der Waals surface area contributed by atoms with Crippen LogP contribution >= 0.6 is 0 Å². The monoisotopic (exact) mass is 258 g/mol. The Kier molecular flexibility index (Phi) is 6.57. The van der Waals surface area contributed by atoms with Crippen LogP contribution in [0.4, 0.5) is 0 Å². The summed E-state index contributed by atoms with van der Waals surface area (Å²) in [5, 5.41) is 0. The van der Waals surface area contributed by atoms with Gasteiger partial charge in [-0.25, -0.2) is 0 Å². The van der Waals surface area contributed by atoms with Crippen LogP contribution in [-0.2, 0) is 9.47 Å². The third-order valence-electron chi connectivity index (χ3n) is 4.00. The van der Waals surface area contributed by atoms with Gasteiger partial charge in [0.1, 0.15) is 0 Å². The fourth-order valence-electron chi connectivity index (χ4n) is 2.16. The van der Waals surface area contributed by atoms with Crippen LogP contribution in [-0.4, -0.2) is 55.5 Å². The average molecular weight is 258 g/mol. The molecule has 2 N–H and O–H groups in total. The van der Waals surface area contributed by atoms with Crippen LogP contribution in [0.5, 0.6) is 0 Å². The summed E-state index contributed by atoms with van der Waals surface area (Å²) in [5.41, 5.74) is 6.04. The third kappa shape index (κ3) is 4.84. The van der Waals surface area contributed by atoms with Crippen molar-refractivity contribution >= 4 is 0 Å². The molecule has 0 aromatic heterocycles. The van der Waals surface area contributed by atoms with E-state index >= 15 is 0 Å². The normalized spacial score (nSPS) is 22.7. The molecule has 1 atom stereocenters. The molecule has 0 aliphatic carbocycles. The SMILES string of the molecule is CCC(N)(CC)COCC1CN(C(C)C)CCO1. The van der Waals surface area contributed by atoms with Gasteiger partial charge in [0, 0.05) is 24.7 Å². The molecule has 1 aliphatic rings. The Morgan fingerprint density at radius 2 is 2.06 bits per heavy atom. The number of nitrogens with zero attached hydrogens (tertiary/aromatic N) is 1. The molecule has 1 rings (SSSR count). The van der Waals surface area contributed by atoms with Gasteiger partial charge in [0.15, 0.2) is 0 Å². The van der Waals surface area contributed by atoms with Gasteiger partial charge in [0.25, 0.3) is 0 Å². The molecule has 4 heteroatoms. The second-order valence-electron chi connectivity index (χ2n) is 5.67. The van der Waals surface area contributed by atoms with E-state index in [1.165, 1.54) is 0 Å². The Bertz CT molecular complexity index is 230. The van der Waals surface area contributed by atoms with E-state index in [1.807, 2.05) is 0 Å². The molecule has 1 heterocycles. The highest BCUT2D eigenvalue weighted by Crippen LogP contribution is 2.13. The van der Waals surface area contributed by atoms with Gasteiger partial charge in [-0.05, 0) is 26.7 Å². The lowest BCUT2D eigenvalue weighted by Gasteiger charge is -2.36. The van der Waals surface area contributed by atoms with Crippen molar-refractivity contribution in [1.29, 1.82) is 0 Å². The number of hydrogen-bond donors (Lipinski definition) is 1. The van der Waals surface area contributed by atoms with Crippen LogP contribution in [0.15, 0.2) is 0 Å². The Labute approximate surface area is 112 Å². The lowest BCUT2D eigenvalue weighted by molar-refractivity contribution is -0.0814. The molecule has 4 nitrogen and oxygen atoms in total. The Morgan fingerprint density at radius 3 is 2.61 bits per heavy atom. The summed E-state index contributed by atoms with van der Waals surface area (Å²) < 4.78 is 11.5. The fourth-order valence-corrected chi connectivity index (χ4v) is 2.16. The van der Waals surface area contributed by atoms with Crippen LogP contribution in [0.25, 0.3) is 0 Å². The largest absolute Gasteiger partial charge is 0.377 e. The van der Waals surface area contributed by atoms with Crippen molar-refractivity contribution in [3.63, 3.8) is 0 Å². The maximum Gasteiger partial charge on any atom is 0.0935 e. The first-order valence-corrected chi connectivity index (χ1v) is 7.23. The zero-order valence-corrected chi connectivity index (χ0v) is 12.4. The maximum absolute atomic E-state index is 6.21. The first kappa shape index (κ1) is 15.9. The van der Waals surface area contributed by atoms with Crippen LogP contribution in [0.2, 0.25) is 0 Å². The number of morpholine rings is 1. The van der Waals surface area contributed by atoms with E-state index in [2.05, 4.69) is 32.6 Å². The summed E-state index contributed by atoms with van der Waals surface area (Å²) >= 11 is 0.